The number of nitrogens with zero attached hydrogens (tertiary/aromatic N) is 1. The van der Waals surface area contributed by atoms with Crippen LogP contribution in [0.4, 0.5) is 0 Å². The molecule has 0 aromatic carbocycles. The first-order valence-corrected chi connectivity index (χ1v) is 6.59. The molecule has 0 aliphatic heterocycles. The minimum absolute atomic E-state index is 0.0166. The first kappa shape index (κ1) is 13.0. The van der Waals surface area contributed by atoms with Gasteiger partial charge in [-0.25, -0.2) is 0 Å². The molecule has 0 amide bonds. The van der Waals surface area contributed by atoms with Crippen LogP contribution in [-0.4, -0.2) is 10.8 Å². The lowest BCUT2D eigenvalue weighted by atomic mass is 9.88. The van der Waals surface area contributed by atoms with Gasteiger partial charge in [0.2, 0.25) is 0 Å². The molecule has 0 radical (unpaired) electrons. The van der Waals surface area contributed by atoms with Gasteiger partial charge in [0, 0.05) is 28.8 Å². The Kier molecular flexibility index (Phi) is 3.14. The summed E-state index contributed by atoms with van der Waals surface area (Å²) < 4.78 is 0. The lowest BCUT2D eigenvalue weighted by molar-refractivity contribution is -0.113. The molecule has 2 rings (SSSR count). The van der Waals surface area contributed by atoms with Crippen molar-refractivity contribution in [1.29, 1.82) is 0 Å². The number of fused-ring (bicyclic) bond motifs is 1. The highest BCUT2D eigenvalue weighted by molar-refractivity contribution is 6.22. The monoisotopic (exact) mass is 243 g/mol. The summed E-state index contributed by atoms with van der Waals surface area (Å²) in [5.41, 5.74) is 5.37. The maximum absolute atomic E-state index is 12.0. The third-order valence-electron chi connectivity index (χ3n) is 3.52. The Morgan fingerprint density at radius 1 is 1.39 bits per heavy atom. The molecule has 0 saturated heterocycles. The molecule has 0 bridgehead atoms. The molecule has 0 spiro atoms. The van der Waals surface area contributed by atoms with E-state index < -0.39 is 0 Å². The van der Waals surface area contributed by atoms with Gasteiger partial charge < -0.3 is 0 Å². The Hall–Kier alpha value is -1.44. The fourth-order valence-electron chi connectivity index (χ4n) is 2.35. The number of carbonyl (C=O) groups excluding carboxylic acids is 1. The molecule has 2 nitrogen and oxygen atoms in total. The average molecular weight is 243 g/mol. The second kappa shape index (κ2) is 4.34. The molecule has 1 heterocycles. The predicted molar refractivity (Wildman–Crippen MR) is 74.7 cm³/mol. The predicted octanol–water partition coefficient (Wildman–Crippen LogP) is 3.61. The van der Waals surface area contributed by atoms with Crippen molar-refractivity contribution in [3.05, 3.63) is 34.7 Å². The highest BCUT2D eigenvalue weighted by Crippen LogP contribution is 2.33. The van der Waals surface area contributed by atoms with Gasteiger partial charge in [0.05, 0.1) is 0 Å². The van der Waals surface area contributed by atoms with Crippen molar-refractivity contribution in [2.45, 2.75) is 52.9 Å². The summed E-state index contributed by atoms with van der Waals surface area (Å²) in [6, 6.07) is 2.11. The van der Waals surface area contributed by atoms with Gasteiger partial charge >= 0.3 is 0 Å². The van der Waals surface area contributed by atoms with Crippen molar-refractivity contribution >= 4 is 11.4 Å². The largest absolute Gasteiger partial charge is 0.294 e. The zero-order valence-electron chi connectivity index (χ0n) is 11.9. The highest BCUT2D eigenvalue weighted by atomic mass is 16.1. The van der Waals surface area contributed by atoms with Gasteiger partial charge in [-0.1, -0.05) is 33.8 Å². The smallest absolute Gasteiger partial charge is 0.162 e. The Bertz CT molecular complexity index is 533. The van der Waals surface area contributed by atoms with Gasteiger partial charge in [-0.05, 0) is 30.5 Å². The van der Waals surface area contributed by atoms with Crippen LogP contribution in [0.1, 0.15) is 56.6 Å². The second-order valence-corrected chi connectivity index (χ2v) is 5.97. The molecule has 0 atom stereocenters. The molecule has 0 unspecified atom stereocenters. The molecule has 1 aromatic rings. The van der Waals surface area contributed by atoms with Crippen LogP contribution in [0, 0.1) is 6.92 Å². The van der Waals surface area contributed by atoms with Gasteiger partial charge in [-0.15, -0.1) is 0 Å². The van der Waals surface area contributed by atoms with Gasteiger partial charge in [0.15, 0.2) is 5.78 Å². The van der Waals surface area contributed by atoms with Crippen LogP contribution < -0.4 is 0 Å². The maximum Gasteiger partial charge on any atom is 0.162 e. The third kappa shape index (κ3) is 2.12. The Morgan fingerprint density at radius 2 is 2.06 bits per heavy atom. The number of allylic oxidation sites excluding steroid dienone is 2. The van der Waals surface area contributed by atoms with Crippen LogP contribution in [-0.2, 0) is 16.6 Å². The summed E-state index contributed by atoms with van der Waals surface area (Å²) in [6.07, 6.45) is 3.47. The van der Waals surface area contributed by atoms with Crippen molar-refractivity contribution in [3.63, 3.8) is 0 Å². The summed E-state index contributed by atoms with van der Waals surface area (Å²) in [6.45, 7) is 10.4. The number of rotatable bonds is 2. The van der Waals surface area contributed by atoms with Crippen molar-refractivity contribution in [1.82, 2.24) is 4.98 Å². The number of Topliss-reactive ketones (excluding diaryl/α,β-unsaturated/α-hetero) is 1. The molecular formula is C16H21NO. The topological polar surface area (TPSA) is 30.0 Å². The molecule has 1 aromatic heterocycles. The maximum atomic E-state index is 12.0. The number of aromatic nitrogens is 1. The number of carbonyl (C=O) groups is 1. The first-order valence-electron chi connectivity index (χ1n) is 6.59. The van der Waals surface area contributed by atoms with Crippen LogP contribution >= 0.6 is 0 Å². The average Bonchev–Trinajstić information content (AvgIpc) is 2.71. The van der Waals surface area contributed by atoms with Crippen molar-refractivity contribution < 1.29 is 4.79 Å². The van der Waals surface area contributed by atoms with Gasteiger partial charge in [0.1, 0.15) is 0 Å². The third-order valence-corrected chi connectivity index (χ3v) is 3.52. The van der Waals surface area contributed by atoms with Crippen LogP contribution in [0.25, 0.3) is 5.57 Å². The number of hydrogen-bond donors (Lipinski definition) is 0. The molecule has 0 saturated carbocycles. The summed E-state index contributed by atoms with van der Waals surface area (Å²) >= 11 is 0. The zero-order valence-corrected chi connectivity index (χ0v) is 11.9. The van der Waals surface area contributed by atoms with E-state index in [0.717, 1.165) is 28.9 Å². The van der Waals surface area contributed by atoms with E-state index in [1.54, 1.807) is 0 Å². The van der Waals surface area contributed by atoms with E-state index in [1.807, 2.05) is 13.8 Å². The summed E-state index contributed by atoms with van der Waals surface area (Å²) in [7, 11) is 0. The quantitative estimate of drug-likeness (QED) is 0.794. The highest BCUT2D eigenvalue weighted by Gasteiger charge is 2.25. The second-order valence-electron chi connectivity index (χ2n) is 5.97. The van der Waals surface area contributed by atoms with Crippen molar-refractivity contribution in [3.8, 4) is 0 Å². The number of pyridine rings is 1. The van der Waals surface area contributed by atoms with E-state index in [1.165, 1.54) is 5.56 Å². The summed E-state index contributed by atoms with van der Waals surface area (Å²) in [5.74, 6) is 0.235. The number of hydrogen-bond acceptors (Lipinski definition) is 2. The Labute approximate surface area is 109 Å². The molecule has 18 heavy (non-hydrogen) atoms. The van der Waals surface area contributed by atoms with E-state index in [0.29, 0.717) is 6.42 Å². The van der Waals surface area contributed by atoms with Gasteiger partial charge in [-0.3, -0.25) is 9.78 Å². The Balaban J connectivity index is 2.55. The van der Waals surface area contributed by atoms with Gasteiger partial charge in [-0.2, -0.15) is 0 Å². The Morgan fingerprint density at radius 3 is 2.61 bits per heavy atom. The minimum atomic E-state index is 0.0166. The van der Waals surface area contributed by atoms with E-state index >= 15 is 0 Å². The van der Waals surface area contributed by atoms with Gasteiger partial charge in [0.25, 0.3) is 0 Å². The molecule has 1 aliphatic rings. The molecule has 96 valence electrons. The van der Waals surface area contributed by atoms with E-state index in [2.05, 4.69) is 32.9 Å². The van der Waals surface area contributed by atoms with Crippen LogP contribution in [0.2, 0.25) is 0 Å². The summed E-state index contributed by atoms with van der Waals surface area (Å²) in [5, 5.41) is 0. The zero-order chi connectivity index (χ0) is 13.5. The molecule has 1 aliphatic carbocycles. The fraction of sp³-hybridized carbons (Fsp3) is 0.500. The van der Waals surface area contributed by atoms with Crippen molar-refractivity contribution in [2.75, 3.05) is 0 Å². The molecule has 0 fully saturated rings. The fourth-order valence-corrected chi connectivity index (χ4v) is 2.35. The molecular weight excluding hydrogens is 222 g/mol. The van der Waals surface area contributed by atoms with Crippen LogP contribution in [0.5, 0.6) is 0 Å². The van der Waals surface area contributed by atoms with Crippen LogP contribution in [0.3, 0.4) is 0 Å². The lowest BCUT2D eigenvalue weighted by Crippen LogP contribution is -2.15. The number of ketones is 1. The lowest BCUT2D eigenvalue weighted by Gasteiger charge is -2.20. The summed E-state index contributed by atoms with van der Waals surface area (Å²) in [4.78, 5) is 16.7. The van der Waals surface area contributed by atoms with Crippen LogP contribution in [0.15, 0.2) is 12.1 Å². The minimum Gasteiger partial charge on any atom is -0.294 e. The normalized spacial score (nSPS) is 14.4. The van der Waals surface area contributed by atoms with E-state index in [4.69, 9.17) is 4.98 Å². The SMILES string of the molecule is CCC(=O)C1=CCc2c1cc(C(C)(C)C)nc2C. The molecule has 0 N–H and O–H groups in total. The standard InChI is InChI=1S/C16H21NO/c1-6-14(18)12-8-7-11-10(2)17-15(9-13(11)12)16(3,4)5/h8-9H,6-7H2,1-5H3. The van der Waals surface area contributed by atoms with E-state index in [9.17, 15) is 4.79 Å². The van der Waals surface area contributed by atoms with Crippen molar-refractivity contribution in [2.24, 2.45) is 0 Å². The molecule has 2 heteroatoms. The van der Waals surface area contributed by atoms with E-state index in [-0.39, 0.29) is 11.2 Å². The first-order chi connectivity index (χ1) is 8.34. The number of aryl methyl sites for hydroxylation is 1.